The van der Waals surface area contributed by atoms with Gasteiger partial charge in [-0.1, -0.05) is 24.3 Å². The molecule has 1 aromatic carbocycles. The Morgan fingerprint density at radius 1 is 1.21 bits per heavy atom. The van der Waals surface area contributed by atoms with E-state index in [1.54, 1.807) is 19.3 Å². The fourth-order valence-electron chi connectivity index (χ4n) is 1.98. The van der Waals surface area contributed by atoms with E-state index >= 15 is 0 Å². The van der Waals surface area contributed by atoms with Crippen LogP contribution in [0.5, 0.6) is 5.75 Å². The number of aliphatic hydroxyl groups excluding tert-OH is 2. The fourth-order valence-corrected chi connectivity index (χ4v) is 1.98. The second kappa shape index (κ2) is 6.16. The number of aliphatic hydroxyl groups is 2. The van der Waals surface area contributed by atoms with Crippen molar-refractivity contribution in [2.45, 2.75) is 24.6 Å². The lowest BCUT2D eigenvalue weighted by molar-refractivity contribution is -0.142. The molecular formula is C14H18O5. The van der Waals surface area contributed by atoms with Crippen LogP contribution >= 0.6 is 0 Å². The van der Waals surface area contributed by atoms with Crippen LogP contribution in [-0.4, -0.2) is 49.0 Å². The van der Waals surface area contributed by atoms with Gasteiger partial charge >= 0.3 is 0 Å². The number of hydrogen-bond donors (Lipinski definition) is 2. The van der Waals surface area contributed by atoms with Crippen LogP contribution in [0.25, 0.3) is 6.08 Å². The smallest absolute Gasteiger partial charge is 0.186 e. The van der Waals surface area contributed by atoms with E-state index < -0.39 is 24.6 Å². The molecule has 1 heterocycles. The molecule has 0 spiro atoms. The third kappa shape index (κ3) is 3.13. The summed E-state index contributed by atoms with van der Waals surface area (Å²) in [5, 5.41) is 19.5. The molecule has 0 saturated carbocycles. The summed E-state index contributed by atoms with van der Waals surface area (Å²) < 4.78 is 15.4. The van der Waals surface area contributed by atoms with Crippen molar-refractivity contribution in [3.8, 4) is 5.75 Å². The minimum Gasteiger partial charge on any atom is -0.497 e. The second-order valence-electron chi connectivity index (χ2n) is 4.32. The van der Waals surface area contributed by atoms with Crippen molar-refractivity contribution in [1.29, 1.82) is 0 Å². The molecule has 104 valence electrons. The summed E-state index contributed by atoms with van der Waals surface area (Å²) in [6.45, 7) is 0. The first-order chi connectivity index (χ1) is 9.15. The first-order valence-corrected chi connectivity index (χ1v) is 6.02. The average Bonchev–Trinajstić information content (AvgIpc) is 2.73. The minimum absolute atomic E-state index is 0.592. The highest BCUT2D eigenvalue weighted by Crippen LogP contribution is 2.23. The lowest BCUT2D eigenvalue weighted by atomic mass is 10.1. The van der Waals surface area contributed by atoms with Crippen LogP contribution in [0.15, 0.2) is 30.3 Å². The maximum Gasteiger partial charge on any atom is 0.186 e. The fraction of sp³-hybridized carbons (Fsp3) is 0.429. The predicted molar refractivity (Wildman–Crippen MR) is 69.7 cm³/mol. The maximum absolute atomic E-state index is 9.81. The Balaban J connectivity index is 2.06. The van der Waals surface area contributed by atoms with Gasteiger partial charge in [0.2, 0.25) is 0 Å². The molecule has 2 rings (SSSR count). The molecule has 5 nitrogen and oxygen atoms in total. The molecule has 0 amide bonds. The zero-order valence-corrected chi connectivity index (χ0v) is 10.9. The third-order valence-electron chi connectivity index (χ3n) is 3.06. The first kappa shape index (κ1) is 14.0. The molecular weight excluding hydrogens is 248 g/mol. The molecule has 19 heavy (non-hydrogen) atoms. The molecule has 1 aromatic rings. The van der Waals surface area contributed by atoms with Gasteiger partial charge in [-0.3, -0.25) is 0 Å². The highest BCUT2D eigenvalue weighted by molar-refractivity contribution is 5.52. The number of rotatable bonds is 4. The van der Waals surface area contributed by atoms with Crippen molar-refractivity contribution in [1.82, 2.24) is 0 Å². The Morgan fingerprint density at radius 3 is 2.63 bits per heavy atom. The number of hydrogen-bond acceptors (Lipinski definition) is 5. The van der Waals surface area contributed by atoms with E-state index in [0.29, 0.717) is 0 Å². The van der Waals surface area contributed by atoms with Crippen molar-refractivity contribution in [3.05, 3.63) is 35.9 Å². The molecule has 1 saturated heterocycles. The Hall–Kier alpha value is -1.40. The van der Waals surface area contributed by atoms with Crippen LogP contribution in [0.4, 0.5) is 0 Å². The summed E-state index contributed by atoms with van der Waals surface area (Å²) in [5.41, 5.74) is 0.922. The third-order valence-corrected chi connectivity index (χ3v) is 3.06. The molecule has 0 radical (unpaired) electrons. The summed E-state index contributed by atoms with van der Waals surface area (Å²) in [7, 11) is 3.03. The van der Waals surface area contributed by atoms with E-state index in [0.717, 1.165) is 11.3 Å². The summed E-state index contributed by atoms with van der Waals surface area (Å²) in [5.74, 6) is 0.754. The summed E-state index contributed by atoms with van der Waals surface area (Å²) in [6.07, 6.45) is 0.0842. The van der Waals surface area contributed by atoms with Crippen LogP contribution in [0, 0.1) is 0 Å². The molecule has 1 fully saturated rings. The molecule has 0 aliphatic carbocycles. The molecule has 0 bridgehead atoms. The molecule has 2 N–H and O–H groups in total. The Kier molecular flexibility index (Phi) is 4.55. The quantitative estimate of drug-likeness (QED) is 0.843. The lowest BCUT2D eigenvalue weighted by Crippen LogP contribution is -2.32. The van der Waals surface area contributed by atoms with Gasteiger partial charge in [-0.25, -0.2) is 0 Å². The van der Waals surface area contributed by atoms with Crippen molar-refractivity contribution in [2.75, 3.05) is 14.2 Å². The van der Waals surface area contributed by atoms with Crippen molar-refractivity contribution < 1.29 is 24.4 Å². The zero-order chi connectivity index (χ0) is 13.8. The van der Waals surface area contributed by atoms with Gasteiger partial charge in [0.05, 0.1) is 7.11 Å². The Labute approximate surface area is 112 Å². The average molecular weight is 266 g/mol. The van der Waals surface area contributed by atoms with Gasteiger partial charge in [0.1, 0.15) is 24.1 Å². The van der Waals surface area contributed by atoms with Gasteiger partial charge in [0, 0.05) is 7.11 Å². The topological polar surface area (TPSA) is 68.2 Å². The van der Waals surface area contributed by atoms with E-state index in [4.69, 9.17) is 14.2 Å². The Morgan fingerprint density at radius 2 is 2.00 bits per heavy atom. The van der Waals surface area contributed by atoms with Gasteiger partial charge < -0.3 is 24.4 Å². The summed E-state index contributed by atoms with van der Waals surface area (Å²) in [6, 6.07) is 7.49. The van der Waals surface area contributed by atoms with E-state index in [1.165, 1.54) is 7.11 Å². The molecule has 1 aliphatic heterocycles. The highest BCUT2D eigenvalue weighted by atomic mass is 16.7. The van der Waals surface area contributed by atoms with Crippen LogP contribution in [0.3, 0.4) is 0 Å². The normalized spacial score (nSPS) is 30.9. The number of ether oxygens (including phenoxy) is 3. The SMILES string of the molecule is COc1cccc(/C=C/[C@H]2O[C@@H](OC)[C@H](O)[C@@H]2O)c1. The predicted octanol–water partition coefficient (Wildman–Crippen LogP) is 0.801. The van der Waals surface area contributed by atoms with Crippen LogP contribution in [-0.2, 0) is 9.47 Å². The molecule has 4 atom stereocenters. The lowest BCUT2D eigenvalue weighted by Gasteiger charge is -2.11. The van der Waals surface area contributed by atoms with Crippen molar-refractivity contribution in [3.63, 3.8) is 0 Å². The van der Waals surface area contributed by atoms with Gasteiger partial charge in [0.25, 0.3) is 0 Å². The van der Waals surface area contributed by atoms with E-state index in [9.17, 15) is 10.2 Å². The van der Waals surface area contributed by atoms with E-state index in [1.807, 2.05) is 24.3 Å². The van der Waals surface area contributed by atoms with Crippen LogP contribution in [0.2, 0.25) is 0 Å². The van der Waals surface area contributed by atoms with E-state index in [-0.39, 0.29) is 0 Å². The molecule has 1 aliphatic rings. The van der Waals surface area contributed by atoms with Gasteiger partial charge in [0.15, 0.2) is 6.29 Å². The van der Waals surface area contributed by atoms with Gasteiger partial charge in [-0.15, -0.1) is 0 Å². The van der Waals surface area contributed by atoms with Crippen molar-refractivity contribution >= 4 is 6.08 Å². The second-order valence-corrected chi connectivity index (χ2v) is 4.32. The van der Waals surface area contributed by atoms with Crippen LogP contribution in [0.1, 0.15) is 5.56 Å². The first-order valence-electron chi connectivity index (χ1n) is 6.02. The van der Waals surface area contributed by atoms with Gasteiger partial charge in [-0.2, -0.15) is 0 Å². The Bertz CT molecular complexity index is 445. The maximum atomic E-state index is 9.81. The summed E-state index contributed by atoms with van der Waals surface area (Å²) in [4.78, 5) is 0. The monoisotopic (exact) mass is 266 g/mol. The highest BCUT2D eigenvalue weighted by Gasteiger charge is 2.41. The number of benzene rings is 1. The minimum atomic E-state index is -1.04. The molecule has 0 unspecified atom stereocenters. The largest absolute Gasteiger partial charge is 0.497 e. The van der Waals surface area contributed by atoms with Gasteiger partial charge in [-0.05, 0) is 17.7 Å². The zero-order valence-electron chi connectivity index (χ0n) is 10.9. The standard InChI is InChI=1S/C14H18O5/c1-17-10-5-3-4-9(8-10)6-7-11-12(15)13(16)14(18-2)19-11/h3-8,11-16H,1-2H3/b7-6+/t11-,12-,13-,14-/m1/s1. The van der Waals surface area contributed by atoms with Crippen molar-refractivity contribution in [2.24, 2.45) is 0 Å². The number of methoxy groups -OCH3 is 2. The molecule has 0 aromatic heterocycles. The van der Waals surface area contributed by atoms with E-state index in [2.05, 4.69) is 0 Å². The molecule has 5 heteroatoms. The van der Waals surface area contributed by atoms with Crippen LogP contribution < -0.4 is 4.74 Å². The summed E-state index contributed by atoms with van der Waals surface area (Å²) >= 11 is 0.